The molecule has 2 aromatic rings. The Labute approximate surface area is 164 Å². The molecule has 1 atom stereocenters. The van der Waals surface area contributed by atoms with Crippen LogP contribution in [0.15, 0.2) is 48.2 Å². The molecule has 1 aliphatic heterocycles. The van der Waals surface area contributed by atoms with Gasteiger partial charge >= 0.3 is 0 Å². The van der Waals surface area contributed by atoms with Crippen LogP contribution in [-0.2, 0) is 10.2 Å². The number of carbonyl (C=O) groups excluding carboxylic acids is 1. The van der Waals surface area contributed by atoms with Gasteiger partial charge < -0.3 is 20.7 Å². The number of aliphatic hydroxyl groups is 2. The van der Waals surface area contributed by atoms with E-state index in [1.807, 2.05) is 24.3 Å². The summed E-state index contributed by atoms with van der Waals surface area (Å²) in [7, 11) is 0. The molecule has 0 bridgehead atoms. The number of carbonyl (C=O) groups is 1. The molecule has 3 rings (SSSR count). The fourth-order valence-corrected chi connectivity index (χ4v) is 3.01. The average Bonchev–Trinajstić information content (AvgIpc) is 2.64. The van der Waals surface area contributed by atoms with E-state index >= 15 is 0 Å². The van der Waals surface area contributed by atoms with Crippen molar-refractivity contribution >= 4 is 23.4 Å². The molecule has 28 heavy (non-hydrogen) atoms. The van der Waals surface area contributed by atoms with Gasteiger partial charge in [-0.1, -0.05) is 45.0 Å². The van der Waals surface area contributed by atoms with Gasteiger partial charge in [0.1, 0.15) is 0 Å². The van der Waals surface area contributed by atoms with Crippen molar-refractivity contribution in [3.05, 3.63) is 59.4 Å². The second-order valence-electron chi connectivity index (χ2n) is 7.96. The SMILES string of the molecule is CC(C)(C)c1ccc(/C=C2/Oc3cc(N)ccc3N(CC(O)CO)C2=O)cc1. The summed E-state index contributed by atoms with van der Waals surface area (Å²) in [5, 5.41) is 19.0. The Morgan fingerprint density at radius 2 is 1.86 bits per heavy atom. The number of rotatable bonds is 4. The molecule has 1 amide bonds. The van der Waals surface area contributed by atoms with Gasteiger partial charge in [-0.2, -0.15) is 0 Å². The molecule has 1 unspecified atom stereocenters. The molecule has 1 aliphatic rings. The zero-order valence-corrected chi connectivity index (χ0v) is 16.3. The standard InChI is InChI=1S/C22H26N2O4/c1-22(2,3)15-6-4-14(5-7-15)10-20-21(27)24(12-17(26)13-25)18-9-8-16(23)11-19(18)28-20/h4-11,17,25-26H,12-13,23H2,1-3H3/b20-10+. The van der Waals surface area contributed by atoms with Crippen LogP contribution in [-0.4, -0.2) is 35.4 Å². The van der Waals surface area contributed by atoms with Crippen molar-refractivity contribution in [2.24, 2.45) is 0 Å². The van der Waals surface area contributed by atoms with Crippen LogP contribution in [0, 0.1) is 0 Å². The molecule has 4 N–H and O–H groups in total. The Morgan fingerprint density at radius 3 is 2.46 bits per heavy atom. The molecule has 0 fully saturated rings. The molecule has 0 saturated heterocycles. The molecule has 148 valence electrons. The number of β-amino-alcohol motifs (C(OH)–C–C–N with tert-alkyl or cyclic N) is 1. The lowest BCUT2D eigenvalue weighted by molar-refractivity contribution is -0.118. The first-order valence-corrected chi connectivity index (χ1v) is 9.19. The van der Waals surface area contributed by atoms with E-state index in [1.165, 1.54) is 10.5 Å². The van der Waals surface area contributed by atoms with Gasteiger partial charge in [0.2, 0.25) is 0 Å². The number of nitrogens with zero attached hydrogens (tertiary/aromatic N) is 1. The highest BCUT2D eigenvalue weighted by molar-refractivity contribution is 6.10. The molecule has 0 radical (unpaired) electrons. The normalized spacial score (nSPS) is 16.7. The molecule has 0 spiro atoms. The molecule has 0 saturated carbocycles. The largest absolute Gasteiger partial charge is 0.449 e. The van der Waals surface area contributed by atoms with Crippen LogP contribution >= 0.6 is 0 Å². The summed E-state index contributed by atoms with van der Waals surface area (Å²) in [5.74, 6) is 0.179. The second kappa shape index (κ2) is 7.66. The quantitative estimate of drug-likeness (QED) is 0.558. The monoisotopic (exact) mass is 382 g/mol. The molecule has 2 aromatic carbocycles. The smallest absolute Gasteiger partial charge is 0.294 e. The van der Waals surface area contributed by atoms with Crippen molar-refractivity contribution < 1.29 is 19.7 Å². The van der Waals surface area contributed by atoms with E-state index in [4.69, 9.17) is 10.5 Å². The minimum Gasteiger partial charge on any atom is -0.449 e. The van der Waals surface area contributed by atoms with Gasteiger partial charge in [0.25, 0.3) is 5.91 Å². The highest BCUT2D eigenvalue weighted by Gasteiger charge is 2.31. The molecule has 0 aromatic heterocycles. The van der Waals surface area contributed by atoms with E-state index in [2.05, 4.69) is 20.8 Å². The third-order valence-electron chi connectivity index (χ3n) is 4.63. The first-order chi connectivity index (χ1) is 13.2. The number of ether oxygens (including phenoxy) is 1. The molecule has 6 nitrogen and oxygen atoms in total. The van der Waals surface area contributed by atoms with Gasteiger partial charge in [0, 0.05) is 11.8 Å². The van der Waals surface area contributed by atoms with Crippen LogP contribution in [0.3, 0.4) is 0 Å². The Bertz CT molecular complexity index is 898. The maximum atomic E-state index is 13.0. The fourth-order valence-electron chi connectivity index (χ4n) is 3.01. The van der Waals surface area contributed by atoms with Crippen molar-refractivity contribution in [1.82, 2.24) is 0 Å². The Kier molecular flexibility index (Phi) is 5.45. The number of amides is 1. The number of nitrogen functional groups attached to an aromatic ring is 1. The minimum atomic E-state index is -1.06. The predicted octanol–water partition coefficient (Wildman–Crippen LogP) is 2.69. The summed E-state index contributed by atoms with van der Waals surface area (Å²) in [6, 6.07) is 12.9. The predicted molar refractivity (Wildman–Crippen MR) is 110 cm³/mol. The van der Waals surface area contributed by atoms with Gasteiger partial charge in [-0.05, 0) is 34.8 Å². The molecule has 6 heteroatoms. The lowest BCUT2D eigenvalue weighted by Crippen LogP contribution is -2.43. The van der Waals surface area contributed by atoms with Crippen LogP contribution in [0.2, 0.25) is 0 Å². The van der Waals surface area contributed by atoms with Crippen molar-refractivity contribution in [3.63, 3.8) is 0 Å². The summed E-state index contributed by atoms with van der Waals surface area (Å²) in [6.45, 7) is 5.93. The molecular formula is C22H26N2O4. The van der Waals surface area contributed by atoms with E-state index in [0.717, 1.165) is 5.56 Å². The Hall–Kier alpha value is -2.83. The highest BCUT2D eigenvalue weighted by Crippen LogP contribution is 2.37. The molecular weight excluding hydrogens is 356 g/mol. The van der Waals surface area contributed by atoms with Gasteiger partial charge in [0.05, 0.1) is 24.9 Å². The minimum absolute atomic E-state index is 0.0382. The van der Waals surface area contributed by atoms with Gasteiger partial charge in [-0.25, -0.2) is 0 Å². The number of aliphatic hydroxyl groups excluding tert-OH is 2. The van der Waals surface area contributed by atoms with Crippen LogP contribution in [0.4, 0.5) is 11.4 Å². The summed E-state index contributed by atoms with van der Waals surface area (Å²) < 4.78 is 5.82. The zero-order valence-electron chi connectivity index (χ0n) is 16.3. The van der Waals surface area contributed by atoms with E-state index in [9.17, 15) is 15.0 Å². The molecule has 0 aliphatic carbocycles. The lowest BCUT2D eigenvalue weighted by Gasteiger charge is -2.31. The maximum Gasteiger partial charge on any atom is 0.294 e. The highest BCUT2D eigenvalue weighted by atomic mass is 16.5. The molecule has 1 heterocycles. The zero-order chi connectivity index (χ0) is 20.5. The van der Waals surface area contributed by atoms with Gasteiger partial charge in [0.15, 0.2) is 11.5 Å². The fraction of sp³-hybridized carbons (Fsp3) is 0.318. The van der Waals surface area contributed by atoms with Crippen LogP contribution in [0.1, 0.15) is 31.9 Å². The summed E-state index contributed by atoms with van der Waals surface area (Å²) >= 11 is 0. The lowest BCUT2D eigenvalue weighted by atomic mass is 9.87. The Balaban J connectivity index is 1.97. The third-order valence-corrected chi connectivity index (χ3v) is 4.63. The topological polar surface area (TPSA) is 96.0 Å². The summed E-state index contributed by atoms with van der Waals surface area (Å²) in [6.07, 6.45) is 0.610. The maximum absolute atomic E-state index is 13.0. The number of nitrogens with two attached hydrogens (primary N) is 1. The van der Waals surface area contributed by atoms with Crippen molar-refractivity contribution in [3.8, 4) is 5.75 Å². The summed E-state index contributed by atoms with van der Waals surface area (Å²) in [4.78, 5) is 14.4. The number of fused-ring (bicyclic) bond motifs is 1. The van der Waals surface area contributed by atoms with E-state index in [1.54, 1.807) is 24.3 Å². The van der Waals surface area contributed by atoms with Crippen molar-refractivity contribution in [2.75, 3.05) is 23.8 Å². The van der Waals surface area contributed by atoms with E-state index in [0.29, 0.717) is 17.1 Å². The second-order valence-corrected chi connectivity index (χ2v) is 7.96. The van der Waals surface area contributed by atoms with Gasteiger partial charge in [-0.15, -0.1) is 0 Å². The van der Waals surface area contributed by atoms with E-state index < -0.39 is 12.7 Å². The van der Waals surface area contributed by atoms with Crippen molar-refractivity contribution in [1.29, 1.82) is 0 Å². The third kappa shape index (κ3) is 4.18. The number of hydrogen-bond acceptors (Lipinski definition) is 5. The summed E-state index contributed by atoms with van der Waals surface area (Å²) in [5.41, 5.74) is 8.92. The number of benzene rings is 2. The van der Waals surface area contributed by atoms with E-state index in [-0.39, 0.29) is 23.6 Å². The average molecular weight is 382 g/mol. The van der Waals surface area contributed by atoms with Crippen LogP contribution < -0.4 is 15.4 Å². The van der Waals surface area contributed by atoms with Crippen molar-refractivity contribution in [2.45, 2.75) is 32.3 Å². The Morgan fingerprint density at radius 1 is 1.18 bits per heavy atom. The first-order valence-electron chi connectivity index (χ1n) is 9.19. The first kappa shape index (κ1) is 19.9. The van der Waals surface area contributed by atoms with Crippen LogP contribution in [0.5, 0.6) is 5.75 Å². The van der Waals surface area contributed by atoms with Gasteiger partial charge in [-0.3, -0.25) is 9.69 Å². The number of anilines is 2. The number of hydrogen-bond donors (Lipinski definition) is 3. The van der Waals surface area contributed by atoms with Crippen LogP contribution in [0.25, 0.3) is 6.08 Å².